The number of pyridine rings is 1. The van der Waals surface area contributed by atoms with Crippen LogP contribution in [0.4, 0.5) is 11.4 Å². The molecule has 1 fully saturated rings. The van der Waals surface area contributed by atoms with Crippen molar-refractivity contribution in [2.24, 2.45) is 5.73 Å². The molecule has 0 bridgehead atoms. The molecule has 0 aromatic carbocycles. The molecule has 1 aromatic heterocycles. The highest BCUT2D eigenvalue weighted by atomic mass is 16.2. The van der Waals surface area contributed by atoms with Crippen molar-refractivity contribution in [2.45, 2.75) is 31.2 Å². The van der Waals surface area contributed by atoms with Crippen molar-refractivity contribution in [2.75, 3.05) is 24.3 Å². The van der Waals surface area contributed by atoms with Gasteiger partial charge in [0.1, 0.15) is 0 Å². The number of hydrogen-bond acceptors (Lipinski definition) is 4. The number of carbonyl (C=O) groups excluding carboxylic acids is 1. The minimum atomic E-state index is -0.709. The Hall–Kier alpha value is -1.62. The first-order chi connectivity index (χ1) is 8.53. The predicted molar refractivity (Wildman–Crippen MR) is 72.6 cm³/mol. The van der Waals surface area contributed by atoms with E-state index in [0.29, 0.717) is 5.69 Å². The van der Waals surface area contributed by atoms with E-state index >= 15 is 0 Å². The SMILES string of the molecule is CN(C)c1ccncc1NC(=O)C1(N)CCCC1. The Balaban J connectivity index is 2.16. The van der Waals surface area contributed by atoms with E-state index in [0.717, 1.165) is 31.4 Å². The third-order valence-electron chi connectivity index (χ3n) is 3.48. The van der Waals surface area contributed by atoms with Crippen molar-refractivity contribution in [3.63, 3.8) is 0 Å². The molecule has 0 unspecified atom stereocenters. The first kappa shape index (κ1) is 12.8. The van der Waals surface area contributed by atoms with E-state index in [-0.39, 0.29) is 5.91 Å². The zero-order valence-electron chi connectivity index (χ0n) is 10.9. The minimum Gasteiger partial charge on any atom is -0.376 e. The van der Waals surface area contributed by atoms with Crippen molar-refractivity contribution < 1.29 is 4.79 Å². The Bertz CT molecular complexity index is 438. The first-order valence-corrected chi connectivity index (χ1v) is 6.25. The van der Waals surface area contributed by atoms with Gasteiger partial charge in [-0.05, 0) is 18.9 Å². The summed E-state index contributed by atoms with van der Waals surface area (Å²) in [6.07, 6.45) is 6.94. The van der Waals surface area contributed by atoms with Gasteiger partial charge in [-0.15, -0.1) is 0 Å². The Kier molecular flexibility index (Phi) is 3.52. The first-order valence-electron chi connectivity index (χ1n) is 6.25. The molecule has 18 heavy (non-hydrogen) atoms. The highest BCUT2D eigenvalue weighted by molar-refractivity contribution is 6.00. The molecule has 1 saturated carbocycles. The van der Waals surface area contributed by atoms with Crippen LogP contribution in [0.25, 0.3) is 0 Å². The molecular formula is C13H20N4O. The fourth-order valence-corrected chi connectivity index (χ4v) is 2.35. The highest BCUT2D eigenvalue weighted by Crippen LogP contribution is 2.30. The summed E-state index contributed by atoms with van der Waals surface area (Å²) in [5.41, 5.74) is 7.06. The molecule has 0 aliphatic heterocycles. The molecule has 0 saturated heterocycles. The second-order valence-electron chi connectivity index (χ2n) is 5.10. The lowest BCUT2D eigenvalue weighted by atomic mass is 9.98. The van der Waals surface area contributed by atoms with E-state index in [2.05, 4.69) is 10.3 Å². The number of rotatable bonds is 3. The molecule has 1 amide bonds. The summed E-state index contributed by atoms with van der Waals surface area (Å²) in [5, 5.41) is 2.91. The van der Waals surface area contributed by atoms with Crippen molar-refractivity contribution in [3.8, 4) is 0 Å². The standard InChI is InChI=1S/C13H20N4O/c1-17(2)11-5-8-15-9-10(11)16-12(18)13(14)6-3-4-7-13/h5,8-9H,3-4,6-7,14H2,1-2H3,(H,16,18). The molecule has 1 aliphatic rings. The number of nitrogens with one attached hydrogen (secondary N) is 1. The Morgan fingerprint density at radius 1 is 1.44 bits per heavy atom. The van der Waals surface area contributed by atoms with Gasteiger partial charge in [-0.3, -0.25) is 9.78 Å². The van der Waals surface area contributed by atoms with Crippen LogP contribution >= 0.6 is 0 Å². The molecule has 0 atom stereocenters. The van der Waals surface area contributed by atoms with Gasteiger partial charge in [0.15, 0.2) is 0 Å². The zero-order valence-corrected chi connectivity index (χ0v) is 10.9. The number of nitrogens with two attached hydrogens (primary N) is 1. The Morgan fingerprint density at radius 2 is 2.11 bits per heavy atom. The summed E-state index contributed by atoms with van der Waals surface area (Å²) in [4.78, 5) is 18.2. The maximum absolute atomic E-state index is 12.2. The normalized spacial score (nSPS) is 17.5. The lowest BCUT2D eigenvalue weighted by molar-refractivity contribution is -0.121. The molecule has 1 aromatic rings. The van der Waals surface area contributed by atoms with Gasteiger partial charge in [0.2, 0.25) is 5.91 Å². The van der Waals surface area contributed by atoms with Gasteiger partial charge in [-0.25, -0.2) is 0 Å². The van der Waals surface area contributed by atoms with Gasteiger partial charge in [0.05, 0.1) is 23.1 Å². The van der Waals surface area contributed by atoms with E-state index in [1.54, 1.807) is 12.4 Å². The maximum Gasteiger partial charge on any atom is 0.244 e. The monoisotopic (exact) mass is 248 g/mol. The summed E-state index contributed by atoms with van der Waals surface area (Å²) in [5.74, 6) is -0.101. The van der Waals surface area contributed by atoms with Crippen LogP contribution in [0.15, 0.2) is 18.5 Å². The lowest BCUT2D eigenvalue weighted by Gasteiger charge is -2.24. The van der Waals surface area contributed by atoms with E-state index < -0.39 is 5.54 Å². The van der Waals surface area contributed by atoms with Gasteiger partial charge < -0.3 is 16.0 Å². The third kappa shape index (κ3) is 2.46. The van der Waals surface area contributed by atoms with Crippen LogP contribution in [0.5, 0.6) is 0 Å². The fourth-order valence-electron chi connectivity index (χ4n) is 2.35. The van der Waals surface area contributed by atoms with Gasteiger partial charge in [-0.2, -0.15) is 0 Å². The van der Waals surface area contributed by atoms with E-state index in [1.165, 1.54) is 0 Å². The van der Waals surface area contributed by atoms with Crippen molar-refractivity contribution in [1.82, 2.24) is 4.98 Å². The summed E-state index contributed by atoms with van der Waals surface area (Å²) < 4.78 is 0. The van der Waals surface area contributed by atoms with Crippen LogP contribution in [0.3, 0.4) is 0 Å². The van der Waals surface area contributed by atoms with Crippen LogP contribution in [0.1, 0.15) is 25.7 Å². The number of anilines is 2. The Morgan fingerprint density at radius 3 is 2.72 bits per heavy atom. The molecule has 3 N–H and O–H groups in total. The average molecular weight is 248 g/mol. The second-order valence-corrected chi connectivity index (χ2v) is 5.10. The van der Waals surface area contributed by atoms with E-state index in [1.807, 2.05) is 25.1 Å². The quantitative estimate of drug-likeness (QED) is 0.847. The van der Waals surface area contributed by atoms with Crippen molar-refractivity contribution in [1.29, 1.82) is 0 Å². The molecule has 98 valence electrons. The largest absolute Gasteiger partial charge is 0.376 e. The van der Waals surface area contributed by atoms with Crippen LogP contribution in [0, 0.1) is 0 Å². The van der Waals surface area contributed by atoms with E-state index in [9.17, 15) is 4.79 Å². The van der Waals surface area contributed by atoms with Gasteiger partial charge >= 0.3 is 0 Å². The summed E-state index contributed by atoms with van der Waals surface area (Å²) in [6, 6.07) is 1.87. The second kappa shape index (κ2) is 4.94. The molecule has 1 aliphatic carbocycles. The maximum atomic E-state index is 12.2. The predicted octanol–water partition coefficient (Wildman–Crippen LogP) is 1.36. The van der Waals surface area contributed by atoms with Gasteiger partial charge in [0, 0.05) is 20.3 Å². The number of hydrogen-bond donors (Lipinski definition) is 2. The molecule has 5 heteroatoms. The number of aromatic nitrogens is 1. The molecule has 0 radical (unpaired) electrons. The van der Waals surface area contributed by atoms with Crippen molar-refractivity contribution in [3.05, 3.63) is 18.5 Å². The zero-order chi connectivity index (χ0) is 13.2. The average Bonchev–Trinajstić information content (AvgIpc) is 2.78. The number of amides is 1. The number of carbonyl (C=O) groups is 1. The smallest absolute Gasteiger partial charge is 0.244 e. The molecule has 1 heterocycles. The summed E-state index contributed by atoms with van der Waals surface area (Å²) in [6.45, 7) is 0. The van der Waals surface area contributed by atoms with Gasteiger partial charge in [0.25, 0.3) is 0 Å². The number of nitrogens with zero attached hydrogens (tertiary/aromatic N) is 2. The van der Waals surface area contributed by atoms with Crippen LogP contribution < -0.4 is 16.0 Å². The fraction of sp³-hybridized carbons (Fsp3) is 0.538. The van der Waals surface area contributed by atoms with E-state index in [4.69, 9.17) is 5.73 Å². The summed E-state index contributed by atoms with van der Waals surface area (Å²) in [7, 11) is 3.86. The highest BCUT2D eigenvalue weighted by Gasteiger charge is 2.37. The lowest BCUT2D eigenvalue weighted by Crippen LogP contribution is -2.48. The van der Waals surface area contributed by atoms with Crippen LogP contribution in [-0.2, 0) is 4.79 Å². The molecule has 2 rings (SSSR count). The third-order valence-corrected chi connectivity index (χ3v) is 3.48. The molecular weight excluding hydrogens is 228 g/mol. The topological polar surface area (TPSA) is 71.2 Å². The van der Waals surface area contributed by atoms with Crippen molar-refractivity contribution >= 4 is 17.3 Å². The Labute approximate surface area is 107 Å². The molecule has 0 spiro atoms. The van der Waals surface area contributed by atoms with Crippen LogP contribution in [-0.4, -0.2) is 30.5 Å². The van der Waals surface area contributed by atoms with Gasteiger partial charge in [-0.1, -0.05) is 12.8 Å². The minimum absolute atomic E-state index is 0.101. The van der Waals surface area contributed by atoms with Crippen LogP contribution in [0.2, 0.25) is 0 Å². The summed E-state index contributed by atoms with van der Waals surface area (Å²) >= 11 is 0. The molecule has 5 nitrogen and oxygen atoms in total.